The molecule has 0 heterocycles. The van der Waals surface area contributed by atoms with Crippen molar-refractivity contribution in [1.82, 2.24) is 0 Å². The molecular formula is C11H5FN. The Kier molecular flexibility index (Phi) is 1.71. The summed E-state index contributed by atoms with van der Waals surface area (Å²) < 4.78 is 13.2. The van der Waals surface area contributed by atoms with E-state index in [1.165, 1.54) is 0 Å². The lowest BCUT2D eigenvalue weighted by molar-refractivity contribution is 0.637. The Morgan fingerprint density at radius 2 is 2.08 bits per heavy atom. The third kappa shape index (κ3) is 1.25. The van der Waals surface area contributed by atoms with Gasteiger partial charge in [0.1, 0.15) is 5.82 Å². The molecule has 0 saturated carbocycles. The highest BCUT2D eigenvalue weighted by Gasteiger charge is 2.02. The quantitative estimate of drug-likeness (QED) is 0.596. The number of hydrogen-bond donors (Lipinski definition) is 0. The molecule has 1 radical (unpaired) electrons. The van der Waals surface area contributed by atoms with Crippen LogP contribution in [0.1, 0.15) is 5.56 Å². The van der Waals surface area contributed by atoms with Crippen LogP contribution in [0.3, 0.4) is 0 Å². The molecule has 0 atom stereocenters. The zero-order valence-electron chi connectivity index (χ0n) is 6.71. The maximum atomic E-state index is 13.2. The first-order chi connectivity index (χ1) is 6.31. The van der Waals surface area contributed by atoms with Crippen molar-refractivity contribution in [2.45, 2.75) is 0 Å². The van der Waals surface area contributed by atoms with Crippen molar-refractivity contribution in [1.29, 1.82) is 5.26 Å². The van der Waals surface area contributed by atoms with E-state index in [9.17, 15) is 4.39 Å². The first kappa shape index (κ1) is 7.75. The summed E-state index contributed by atoms with van der Waals surface area (Å²) in [5.41, 5.74) is 0.233. The standard InChI is InChI=1S/C11H5FN/c12-11-6-8(7-13)5-9-3-1-2-4-10(9)11/h1-5H. The van der Waals surface area contributed by atoms with E-state index in [1.54, 1.807) is 24.3 Å². The molecule has 2 heteroatoms. The van der Waals surface area contributed by atoms with Crippen LogP contribution >= 0.6 is 0 Å². The molecule has 61 valence electrons. The van der Waals surface area contributed by atoms with Gasteiger partial charge in [0.2, 0.25) is 0 Å². The molecule has 2 aromatic carbocycles. The van der Waals surface area contributed by atoms with Gasteiger partial charge >= 0.3 is 0 Å². The Hall–Kier alpha value is -1.88. The molecule has 0 bridgehead atoms. The molecule has 0 amide bonds. The summed E-state index contributed by atoms with van der Waals surface area (Å²) in [5, 5.41) is 9.81. The Morgan fingerprint density at radius 3 is 2.85 bits per heavy atom. The van der Waals surface area contributed by atoms with Gasteiger partial charge in [-0.3, -0.25) is 0 Å². The van der Waals surface area contributed by atoms with Gasteiger partial charge in [-0.15, -0.1) is 0 Å². The maximum Gasteiger partial charge on any atom is 0.140 e. The van der Waals surface area contributed by atoms with Crippen LogP contribution in [0.25, 0.3) is 10.8 Å². The van der Waals surface area contributed by atoms with E-state index in [-0.39, 0.29) is 5.56 Å². The molecule has 2 aromatic rings. The minimum Gasteiger partial charge on any atom is -0.206 e. The fraction of sp³-hybridized carbons (Fsp3) is 0. The molecule has 0 unspecified atom stereocenters. The second-order valence-corrected chi connectivity index (χ2v) is 2.70. The maximum absolute atomic E-state index is 13.2. The second kappa shape index (κ2) is 2.87. The Morgan fingerprint density at radius 1 is 1.31 bits per heavy atom. The summed E-state index contributed by atoms with van der Waals surface area (Å²) in [7, 11) is 0. The number of hydrogen-bond acceptors (Lipinski definition) is 1. The molecule has 0 aliphatic heterocycles. The van der Waals surface area contributed by atoms with Crippen molar-refractivity contribution in [2.75, 3.05) is 0 Å². The number of halogens is 1. The molecule has 0 spiro atoms. The van der Waals surface area contributed by atoms with Crippen LogP contribution in [0.15, 0.2) is 30.3 Å². The minimum atomic E-state index is -0.463. The predicted molar refractivity (Wildman–Crippen MR) is 47.5 cm³/mol. The lowest BCUT2D eigenvalue weighted by Crippen LogP contribution is -1.83. The largest absolute Gasteiger partial charge is 0.206 e. The van der Waals surface area contributed by atoms with Gasteiger partial charge in [-0.25, -0.2) is 4.39 Å². The molecule has 0 aliphatic rings. The van der Waals surface area contributed by atoms with Gasteiger partial charge in [-0.05, 0) is 11.5 Å². The summed E-state index contributed by atoms with van der Waals surface area (Å²) in [5.74, 6) is -0.463. The average molecular weight is 170 g/mol. The molecule has 1 nitrogen and oxygen atoms in total. The summed E-state index contributed by atoms with van der Waals surface area (Å²) in [4.78, 5) is 0. The van der Waals surface area contributed by atoms with Gasteiger partial charge in [0.15, 0.2) is 0 Å². The van der Waals surface area contributed by atoms with E-state index in [4.69, 9.17) is 5.26 Å². The van der Waals surface area contributed by atoms with Crippen molar-refractivity contribution >= 4 is 10.8 Å². The van der Waals surface area contributed by atoms with E-state index in [0.29, 0.717) is 5.39 Å². The van der Waals surface area contributed by atoms with Gasteiger partial charge in [0.05, 0.1) is 11.6 Å². The van der Waals surface area contributed by atoms with E-state index in [1.807, 2.05) is 12.1 Å². The molecular weight excluding hydrogens is 165 g/mol. The van der Waals surface area contributed by atoms with Crippen LogP contribution in [0.4, 0.5) is 4.39 Å². The Balaban J connectivity index is 2.86. The minimum absolute atomic E-state index is 0.233. The van der Waals surface area contributed by atoms with Crippen LogP contribution in [0, 0.1) is 23.2 Å². The lowest BCUT2D eigenvalue weighted by Gasteiger charge is -1.98. The number of rotatable bonds is 0. The third-order valence-electron chi connectivity index (χ3n) is 1.86. The van der Waals surface area contributed by atoms with Crippen molar-refractivity contribution in [2.24, 2.45) is 0 Å². The molecule has 0 fully saturated rings. The van der Waals surface area contributed by atoms with Crippen molar-refractivity contribution < 1.29 is 4.39 Å². The second-order valence-electron chi connectivity index (χ2n) is 2.70. The summed E-state index contributed by atoms with van der Waals surface area (Å²) in [6.45, 7) is 0. The van der Waals surface area contributed by atoms with Crippen LogP contribution < -0.4 is 0 Å². The molecule has 13 heavy (non-hydrogen) atoms. The zero-order valence-corrected chi connectivity index (χ0v) is 6.71. The van der Waals surface area contributed by atoms with Crippen LogP contribution in [0.2, 0.25) is 0 Å². The Bertz CT molecular complexity index is 497. The summed E-state index contributed by atoms with van der Waals surface area (Å²) >= 11 is 0. The molecule has 2 rings (SSSR count). The number of fused-ring (bicyclic) bond motifs is 1. The fourth-order valence-electron chi connectivity index (χ4n) is 1.26. The molecule has 0 N–H and O–H groups in total. The number of nitriles is 1. The highest BCUT2D eigenvalue weighted by molar-refractivity contribution is 5.84. The van der Waals surface area contributed by atoms with Crippen molar-refractivity contribution in [3.8, 4) is 6.07 Å². The first-order valence-electron chi connectivity index (χ1n) is 3.82. The highest BCUT2D eigenvalue weighted by atomic mass is 19.1. The highest BCUT2D eigenvalue weighted by Crippen LogP contribution is 2.18. The summed E-state index contributed by atoms with van der Waals surface area (Å²) in [6.07, 6.45) is 0. The SMILES string of the molecule is N#Cc1[c]c(F)c2ccccc2c1. The summed E-state index contributed by atoms with van der Waals surface area (Å²) in [6, 6.07) is 12.9. The molecule has 0 aromatic heterocycles. The molecule has 0 aliphatic carbocycles. The van der Waals surface area contributed by atoms with Crippen LogP contribution in [-0.2, 0) is 0 Å². The van der Waals surface area contributed by atoms with Gasteiger partial charge in [-0.2, -0.15) is 5.26 Å². The van der Waals surface area contributed by atoms with Gasteiger partial charge < -0.3 is 0 Å². The zero-order chi connectivity index (χ0) is 9.26. The van der Waals surface area contributed by atoms with Crippen molar-refractivity contribution in [3.05, 3.63) is 47.8 Å². The van der Waals surface area contributed by atoms with Crippen molar-refractivity contribution in [3.63, 3.8) is 0 Å². The average Bonchev–Trinajstić information content (AvgIpc) is 2.18. The van der Waals surface area contributed by atoms with Crippen LogP contribution in [-0.4, -0.2) is 0 Å². The smallest absolute Gasteiger partial charge is 0.140 e. The Labute approximate surface area is 75.0 Å². The predicted octanol–water partition coefficient (Wildman–Crippen LogP) is 2.65. The topological polar surface area (TPSA) is 23.8 Å². The first-order valence-corrected chi connectivity index (χ1v) is 3.82. The third-order valence-corrected chi connectivity index (χ3v) is 1.86. The van der Waals surface area contributed by atoms with E-state index < -0.39 is 5.82 Å². The number of benzene rings is 2. The van der Waals surface area contributed by atoms with Crippen LogP contribution in [0.5, 0.6) is 0 Å². The monoisotopic (exact) mass is 170 g/mol. The molecule has 0 saturated heterocycles. The van der Waals surface area contributed by atoms with Gasteiger partial charge in [0, 0.05) is 11.5 Å². The van der Waals surface area contributed by atoms with E-state index >= 15 is 0 Å². The van der Waals surface area contributed by atoms with E-state index in [2.05, 4.69) is 6.07 Å². The van der Waals surface area contributed by atoms with Gasteiger partial charge in [-0.1, -0.05) is 24.3 Å². The normalized spacial score (nSPS) is 9.85. The fourth-order valence-corrected chi connectivity index (χ4v) is 1.26. The van der Waals surface area contributed by atoms with Gasteiger partial charge in [0.25, 0.3) is 0 Å². The number of nitrogens with zero attached hydrogens (tertiary/aromatic N) is 1. The van der Waals surface area contributed by atoms with E-state index in [0.717, 1.165) is 5.39 Å². The lowest BCUT2D eigenvalue weighted by atomic mass is 10.1.